The number of benzene rings is 1. The van der Waals surface area contributed by atoms with Crippen LogP contribution in [0.5, 0.6) is 5.75 Å². The number of alkyl halides is 2. The molecule has 0 saturated carbocycles. The van der Waals surface area contributed by atoms with Gasteiger partial charge >= 0.3 is 6.61 Å². The number of β-amino-alcohol motifs (C(OH)–C–C–N with tert-alkyl or cyclic N) is 1. The van der Waals surface area contributed by atoms with Gasteiger partial charge in [0.1, 0.15) is 5.75 Å². The molecule has 1 aromatic carbocycles. The van der Waals surface area contributed by atoms with Crippen LogP contribution in [0.4, 0.5) is 14.5 Å². The molecule has 3 rings (SSSR count). The lowest BCUT2D eigenvalue weighted by Crippen LogP contribution is -2.55. The average molecular weight is 340 g/mol. The second kappa shape index (κ2) is 7.44. The van der Waals surface area contributed by atoms with Gasteiger partial charge in [0.15, 0.2) is 0 Å². The highest BCUT2D eigenvalue weighted by Crippen LogP contribution is 2.27. The van der Waals surface area contributed by atoms with Crippen molar-refractivity contribution < 1.29 is 23.4 Å². The van der Waals surface area contributed by atoms with Gasteiger partial charge < -0.3 is 14.7 Å². The topological polar surface area (TPSA) is 53.0 Å². The largest absolute Gasteiger partial charge is 0.435 e. The SMILES string of the molecule is O=C1[C@H](N2CCC[C@@H](O)C2)CCCN1c1ccc(OC(F)F)cc1. The van der Waals surface area contributed by atoms with Crippen LogP contribution in [-0.4, -0.2) is 54.3 Å². The Morgan fingerprint density at radius 1 is 1.12 bits per heavy atom. The van der Waals surface area contributed by atoms with Gasteiger partial charge in [-0.2, -0.15) is 8.78 Å². The van der Waals surface area contributed by atoms with Crippen LogP contribution in [-0.2, 0) is 4.79 Å². The highest BCUT2D eigenvalue weighted by atomic mass is 19.3. The van der Waals surface area contributed by atoms with Gasteiger partial charge in [0.05, 0.1) is 12.1 Å². The highest BCUT2D eigenvalue weighted by molar-refractivity contribution is 5.98. The first-order valence-electron chi connectivity index (χ1n) is 8.33. The first kappa shape index (κ1) is 17.1. The van der Waals surface area contributed by atoms with E-state index in [9.17, 15) is 18.7 Å². The summed E-state index contributed by atoms with van der Waals surface area (Å²) in [6.07, 6.45) is 2.97. The van der Waals surface area contributed by atoms with E-state index in [0.29, 0.717) is 18.8 Å². The normalized spacial score (nSPS) is 26.0. The summed E-state index contributed by atoms with van der Waals surface area (Å²) >= 11 is 0. The minimum absolute atomic E-state index is 0.0119. The second-order valence-electron chi connectivity index (χ2n) is 6.31. The first-order valence-corrected chi connectivity index (χ1v) is 8.33. The number of piperidine rings is 2. The Kier molecular flexibility index (Phi) is 5.30. The molecule has 2 atom stereocenters. The Morgan fingerprint density at radius 3 is 2.50 bits per heavy atom. The molecule has 2 fully saturated rings. The lowest BCUT2D eigenvalue weighted by atomic mass is 9.98. The number of likely N-dealkylation sites (tertiary alicyclic amines) is 1. The summed E-state index contributed by atoms with van der Waals surface area (Å²) in [5.74, 6) is 0.0896. The third kappa shape index (κ3) is 3.84. The number of ether oxygens (including phenoxy) is 1. The van der Waals surface area contributed by atoms with Gasteiger partial charge in [0.2, 0.25) is 5.91 Å². The monoisotopic (exact) mass is 340 g/mol. The molecule has 0 aliphatic carbocycles. The Bertz CT molecular complexity index is 567. The van der Waals surface area contributed by atoms with Crippen molar-refractivity contribution in [1.82, 2.24) is 4.90 Å². The highest BCUT2D eigenvalue weighted by Gasteiger charge is 2.35. The Hall–Kier alpha value is -1.73. The molecular formula is C17H22F2N2O3. The van der Waals surface area contributed by atoms with E-state index in [1.165, 1.54) is 12.1 Å². The lowest BCUT2D eigenvalue weighted by molar-refractivity contribution is -0.126. The van der Waals surface area contributed by atoms with Gasteiger partial charge in [-0.25, -0.2) is 0 Å². The van der Waals surface area contributed by atoms with Crippen molar-refractivity contribution in [3.05, 3.63) is 24.3 Å². The maximum Gasteiger partial charge on any atom is 0.387 e. The molecule has 24 heavy (non-hydrogen) atoms. The molecule has 2 saturated heterocycles. The summed E-state index contributed by atoms with van der Waals surface area (Å²) in [5.41, 5.74) is 0.684. The number of aliphatic hydroxyl groups is 1. The maximum atomic E-state index is 12.8. The van der Waals surface area contributed by atoms with Crippen molar-refractivity contribution >= 4 is 11.6 Å². The summed E-state index contributed by atoms with van der Waals surface area (Å²) in [5, 5.41) is 9.84. The molecular weight excluding hydrogens is 318 g/mol. The number of carbonyl (C=O) groups is 1. The van der Waals surface area contributed by atoms with Crippen LogP contribution in [0, 0.1) is 0 Å². The fourth-order valence-corrected chi connectivity index (χ4v) is 3.53. The fraction of sp³-hybridized carbons (Fsp3) is 0.588. The zero-order valence-electron chi connectivity index (χ0n) is 13.4. The predicted octanol–water partition coefficient (Wildman–Crippen LogP) is 2.24. The molecule has 0 unspecified atom stereocenters. The lowest BCUT2D eigenvalue weighted by Gasteiger charge is -2.41. The molecule has 5 nitrogen and oxygen atoms in total. The van der Waals surface area contributed by atoms with Crippen LogP contribution in [0.3, 0.4) is 0 Å². The quantitative estimate of drug-likeness (QED) is 0.913. The van der Waals surface area contributed by atoms with Crippen LogP contribution >= 0.6 is 0 Å². The summed E-state index contributed by atoms with van der Waals surface area (Å²) in [6, 6.07) is 5.93. The van der Waals surface area contributed by atoms with Crippen molar-refractivity contribution in [2.75, 3.05) is 24.5 Å². The van der Waals surface area contributed by atoms with Gasteiger partial charge in [-0.1, -0.05) is 0 Å². The van der Waals surface area contributed by atoms with E-state index in [-0.39, 0.29) is 23.8 Å². The number of anilines is 1. The number of amides is 1. The standard InChI is InChI=1S/C17H22F2N2O3/c18-17(19)24-14-7-5-12(6-8-14)21-10-2-4-15(16(21)23)20-9-1-3-13(22)11-20/h5-8,13,15,17,22H,1-4,9-11H2/t13-,15-/m1/s1. The second-order valence-corrected chi connectivity index (χ2v) is 6.31. The molecule has 7 heteroatoms. The van der Waals surface area contributed by atoms with E-state index in [4.69, 9.17) is 0 Å². The van der Waals surface area contributed by atoms with E-state index in [2.05, 4.69) is 9.64 Å². The maximum absolute atomic E-state index is 12.8. The molecule has 0 spiro atoms. The number of carbonyl (C=O) groups excluding carboxylic acids is 1. The van der Waals surface area contributed by atoms with E-state index in [0.717, 1.165) is 32.2 Å². The number of rotatable bonds is 4. The number of nitrogens with zero attached hydrogens (tertiary/aromatic N) is 2. The molecule has 1 amide bonds. The van der Waals surface area contributed by atoms with Crippen LogP contribution in [0.15, 0.2) is 24.3 Å². The van der Waals surface area contributed by atoms with Gasteiger partial charge in [-0.05, 0) is 56.5 Å². The molecule has 2 aliphatic heterocycles. The minimum Gasteiger partial charge on any atom is -0.435 e. The Labute approximate surface area is 139 Å². The average Bonchev–Trinajstić information content (AvgIpc) is 2.55. The van der Waals surface area contributed by atoms with Crippen LogP contribution in [0.2, 0.25) is 0 Å². The number of aliphatic hydroxyl groups excluding tert-OH is 1. The van der Waals surface area contributed by atoms with Crippen molar-refractivity contribution in [3.63, 3.8) is 0 Å². The van der Waals surface area contributed by atoms with Gasteiger partial charge in [0.25, 0.3) is 0 Å². The number of hydrogen-bond acceptors (Lipinski definition) is 4. The van der Waals surface area contributed by atoms with E-state index in [1.807, 2.05) is 0 Å². The fourth-order valence-electron chi connectivity index (χ4n) is 3.53. The number of halogens is 2. The smallest absolute Gasteiger partial charge is 0.387 e. The third-order valence-corrected chi connectivity index (χ3v) is 4.65. The Balaban J connectivity index is 1.70. The molecule has 0 radical (unpaired) electrons. The zero-order chi connectivity index (χ0) is 17.1. The van der Waals surface area contributed by atoms with Crippen molar-refractivity contribution in [2.45, 2.75) is 44.4 Å². The molecule has 2 aliphatic rings. The predicted molar refractivity (Wildman–Crippen MR) is 85.3 cm³/mol. The molecule has 0 aromatic heterocycles. The Morgan fingerprint density at radius 2 is 1.83 bits per heavy atom. The van der Waals surface area contributed by atoms with Gasteiger partial charge in [0, 0.05) is 18.8 Å². The molecule has 1 N–H and O–H groups in total. The van der Waals surface area contributed by atoms with Gasteiger partial charge in [-0.3, -0.25) is 9.69 Å². The van der Waals surface area contributed by atoms with E-state index in [1.54, 1.807) is 17.0 Å². The molecule has 0 bridgehead atoms. The van der Waals surface area contributed by atoms with Crippen molar-refractivity contribution in [1.29, 1.82) is 0 Å². The third-order valence-electron chi connectivity index (χ3n) is 4.65. The number of hydrogen-bond donors (Lipinski definition) is 1. The van der Waals surface area contributed by atoms with Crippen LogP contribution in [0.25, 0.3) is 0 Å². The van der Waals surface area contributed by atoms with Crippen LogP contribution in [0.1, 0.15) is 25.7 Å². The van der Waals surface area contributed by atoms with Crippen molar-refractivity contribution in [3.8, 4) is 5.75 Å². The van der Waals surface area contributed by atoms with Gasteiger partial charge in [-0.15, -0.1) is 0 Å². The van der Waals surface area contributed by atoms with Crippen LogP contribution < -0.4 is 9.64 Å². The minimum atomic E-state index is -2.86. The first-order chi connectivity index (χ1) is 11.5. The van der Waals surface area contributed by atoms with E-state index < -0.39 is 6.61 Å². The summed E-state index contributed by atoms with van der Waals surface area (Å²) in [4.78, 5) is 16.6. The molecule has 132 valence electrons. The summed E-state index contributed by atoms with van der Waals surface area (Å²) < 4.78 is 28.8. The molecule has 2 heterocycles. The molecule has 1 aromatic rings. The zero-order valence-corrected chi connectivity index (χ0v) is 13.4. The van der Waals surface area contributed by atoms with Crippen molar-refractivity contribution in [2.24, 2.45) is 0 Å². The summed E-state index contributed by atoms with van der Waals surface area (Å²) in [6.45, 7) is -0.892. The van der Waals surface area contributed by atoms with E-state index >= 15 is 0 Å². The summed E-state index contributed by atoms with van der Waals surface area (Å²) in [7, 11) is 0.